The van der Waals surface area contributed by atoms with Gasteiger partial charge in [0.15, 0.2) is 11.4 Å². The van der Waals surface area contributed by atoms with Gasteiger partial charge in [0.05, 0.1) is 25.1 Å². The van der Waals surface area contributed by atoms with Crippen LogP contribution in [0.3, 0.4) is 0 Å². The molecule has 2 fully saturated rings. The molecule has 2 aliphatic heterocycles. The van der Waals surface area contributed by atoms with E-state index in [1.165, 1.54) is 6.08 Å². The molecule has 45 heavy (non-hydrogen) atoms. The van der Waals surface area contributed by atoms with Gasteiger partial charge >= 0.3 is 0 Å². The molecular formula is C35H37N7O3. The largest absolute Gasteiger partial charge is 0.366 e. The number of nitrogens with zero attached hydrogens (tertiary/aromatic N) is 5. The summed E-state index contributed by atoms with van der Waals surface area (Å²) in [5.41, 5.74) is 5.70. The van der Waals surface area contributed by atoms with Crippen molar-refractivity contribution in [3.05, 3.63) is 90.8 Å². The van der Waals surface area contributed by atoms with Gasteiger partial charge in [-0.25, -0.2) is 4.98 Å². The van der Waals surface area contributed by atoms with Crippen LogP contribution in [0.15, 0.2) is 79.6 Å². The van der Waals surface area contributed by atoms with E-state index in [4.69, 9.17) is 24.5 Å². The molecule has 0 atom stereocenters. The van der Waals surface area contributed by atoms with Crippen LogP contribution in [0.5, 0.6) is 0 Å². The van der Waals surface area contributed by atoms with Gasteiger partial charge in [0, 0.05) is 66.9 Å². The van der Waals surface area contributed by atoms with E-state index in [0.29, 0.717) is 25.4 Å². The van der Waals surface area contributed by atoms with Crippen molar-refractivity contribution in [3.63, 3.8) is 0 Å². The Morgan fingerprint density at radius 3 is 2.67 bits per heavy atom. The third-order valence-electron chi connectivity index (χ3n) is 8.72. The Balaban J connectivity index is 1.20. The van der Waals surface area contributed by atoms with Crippen LogP contribution in [0.2, 0.25) is 0 Å². The molecule has 0 aliphatic carbocycles. The molecule has 3 aromatic heterocycles. The van der Waals surface area contributed by atoms with Crippen LogP contribution < -0.4 is 15.5 Å². The Labute approximate surface area is 262 Å². The van der Waals surface area contributed by atoms with Gasteiger partial charge in [0.2, 0.25) is 5.91 Å². The summed E-state index contributed by atoms with van der Waals surface area (Å²) in [4.78, 5) is 24.1. The number of hydrogen-bond acceptors (Lipinski definition) is 8. The van der Waals surface area contributed by atoms with Gasteiger partial charge < -0.3 is 25.0 Å². The molecule has 2 saturated heterocycles. The first kappa shape index (κ1) is 28.9. The molecule has 0 saturated carbocycles. The Morgan fingerprint density at radius 2 is 1.89 bits per heavy atom. The third kappa shape index (κ3) is 5.63. The van der Waals surface area contributed by atoms with Crippen LogP contribution in [0, 0.1) is 0 Å². The molecule has 230 valence electrons. The van der Waals surface area contributed by atoms with Crippen molar-refractivity contribution in [2.24, 2.45) is 0 Å². The van der Waals surface area contributed by atoms with E-state index in [2.05, 4.69) is 54.2 Å². The second-order valence-electron chi connectivity index (χ2n) is 11.9. The monoisotopic (exact) mass is 603 g/mol. The summed E-state index contributed by atoms with van der Waals surface area (Å²) in [5.74, 6) is 1.39. The average molecular weight is 604 g/mol. The highest BCUT2D eigenvalue weighted by molar-refractivity contribution is 6.02. The first-order chi connectivity index (χ1) is 21.9. The molecule has 10 heteroatoms. The van der Waals surface area contributed by atoms with E-state index in [-0.39, 0.29) is 11.8 Å². The van der Waals surface area contributed by atoms with Crippen LogP contribution in [0.1, 0.15) is 43.7 Å². The molecule has 10 nitrogen and oxygen atoms in total. The number of piperidine rings is 1. The lowest BCUT2D eigenvalue weighted by Crippen LogP contribution is -2.45. The third-order valence-corrected chi connectivity index (χ3v) is 8.72. The summed E-state index contributed by atoms with van der Waals surface area (Å²) in [5, 5.41) is 13.2. The highest BCUT2D eigenvalue weighted by Gasteiger charge is 2.40. The van der Waals surface area contributed by atoms with Crippen LogP contribution in [0.4, 0.5) is 17.3 Å². The zero-order valence-corrected chi connectivity index (χ0v) is 25.6. The van der Waals surface area contributed by atoms with Crippen LogP contribution in [0.25, 0.3) is 27.7 Å². The SMILES string of the molecule is C=CC(=O)Nc1ccc2c(-c3ccccc3CNc3cc(N4CCC5(CC4)OCCO5)nc4c(C(C)C)cnn34)nccc2c1. The van der Waals surface area contributed by atoms with Gasteiger partial charge in [-0.2, -0.15) is 9.61 Å². The van der Waals surface area contributed by atoms with E-state index in [1.54, 1.807) is 6.20 Å². The number of fused-ring (bicyclic) bond motifs is 2. The van der Waals surface area contributed by atoms with Gasteiger partial charge in [-0.1, -0.05) is 50.8 Å². The number of hydrogen-bond donors (Lipinski definition) is 2. The van der Waals surface area contributed by atoms with Gasteiger partial charge in [-0.15, -0.1) is 0 Å². The summed E-state index contributed by atoms with van der Waals surface area (Å²) < 4.78 is 13.8. The minimum atomic E-state index is -0.443. The molecule has 7 rings (SSSR count). The summed E-state index contributed by atoms with van der Waals surface area (Å²) in [6.45, 7) is 11.4. The Bertz CT molecular complexity index is 1880. The number of carbonyl (C=O) groups is 1. The summed E-state index contributed by atoms with van der Waals surface area (Å²) in [6, 6.07) is 18.2. The molecule has 1 amide bonds. The Morgan fingerprint density at radius 1 is 1.09 bits per heavy atom. The van der Waals surface area contributed by atoms with Crippen molar-refractivity contribution in [1.82, 2.24) is 19.6 Å². The van der Waals surface area contributed by atoms with Gasteiger partial charge in [0.25, 0.3) is 0 Å². The van der Waals surface area contributed by atoms with Crippen molar-refractivity contribution in [3.8, 4) is 11.3 Å². The normalized spacial score (nSPS) is 16.1. The lowest BCUT2D eigenvalue weighted by molar-refractivity contribution is -0.169. The van der Waals surface area contributed by atoms with Crippen molar-refractivity contribution in [2.75, 3.05) is 41.8 Å². The summed E-state index contributed by atoms with van der Waals surface area (Å²) in [7, 11) is 0. The molecule has 2 aromatic carbocycles. The molecule has 5 aromatic rings. The van der Waals surface area contributed by atoms with E-state index >= 15 is 0 Å². The fraction of sp³-hybridized carbons (Fsp3) is 0.314. The predicted octanol–water partition coefficient (Wildman–Crippen LogP) is 6.15. The van der Waals surface area contributed by atoms with Crippen LogP contribution >= 0.6 is 0 Å². The van der Waals surface area contributed by atoms with Gasteiger partial charge in [0.1, 0.15) is 11.6 Å². The lowest BCUT2D eigenvalue weighted by Gasteiger charge is -2.38. The Hall–Kier alpha value is -4.80. The number of amides is 1. The average Bonchev–Trinajstić information content (AvgIpc) is 3.71. The minimum Gasteiger partial charge on any atom is -0.366 e. The van der Waals surface area contributed by atoms with E-state index in [1.807, 2.05) is 47.1 Å². The fourth-order valence-electron chi connectivity index (χ4n) is 6.28. The maximum Gasteiger partial charge on any atom is 0.247 e. The number of benzene rings is 2. The van der Waals surface area contributed by atoms with Crippen molar-refractivity contribution >= 4 is 39.6 Å². The van der Waals surface area contributed by atoms with Gasteiger partial charge in [-0.05, 0) is 41.1 Å². The molecule has 1 spiro atoms. The molecule has 5 heterocycles. The quantitative estimate of drug-likeness (QED) is 0.204. The van der Waals surface area contributed by atoms with Crippen molar-refractivity contribution < 1.29 is 14.3 Å². The second kappa shape index (κ2) is 11.9. The number of pyridine rings is 1. The van der Waals surface area contributed by atoms with Crippen molar-refractivity contribution in [2.45, 2.75) is 44.9 Å². The molecular weight excluding hydrogens is 566 g/mol. The maximum atomic E-state index is 11.8. The topological polar surface area (TPSA) is 106 Å². The van der Waals surface area contributed by atoms with Crippen LogP contribution in [-0.4, -0.2) is 57.6 Å². The molecule has 0 bridgehead atoms. The second-order valence-corrected chi connectivity index (χ2v) is 11.9. The number of ether oxygens (including phenoxy) is 2. The first-order valence-electron chi connectivity index (χ1n) is 15.5. The summed E-state index contributed by atoms with van der Waals surface area (Å²) >= 11 is 0. The molecule has 2 N–H and O–H groups in total. The van der Waals surface area contributed by atoms with E-state index in [0.717, 1.165) is 76.4 Å². The molecule has 0 radical (unpaired) electrons. The number of aromatic nitrogens is 4. The Kier molecular flexibility index (Phi) is 7.68. The highest BCUT2D eigenvalue weighted by atomic mass is 16.7. The van der Waals surface area contributed by atoms with Crippen LogP contribution in [-0.2, 0) is 20.8 Å². The number of anilines is 3. The smallest absolute Gasteiger partial charge is 0.247 e. The number of rotatable bonds is 8. The fourth-order valence-corrected chi connectivity index (χ4v) is 6.28. The standard InChI is InChI=1S/C35H37N7O3/c1-4-32(43)39-26-9-10-28-24(19-26)11-14-36-33(28)27-8-6-5-7-25(27)21-37-30-20-31(40-34-29(23(2)3)22-38-42(30)34)41-15-12-35(13-16-41)44-17-18-45-35/h4-11,14,19-20,22-23,37H,1,12-13,15-18,21H2,2-3H3,(H,39,43). The predicted molar refractivity (Wildman–Crippen MR) is 176 cm³/mol. The van der Waals surface area contributed by atoms with E-state index < -0.39 is 5.79 Å². The summed E-state index contributed by atoms with van der Waals surface area (Å²) in [6.07, 6.45) is 6.62. The molecule has 0 unspecified atom stereocenters. The van der Waals surface area contributed by atoms with Gasteiger partial charge in [-0.3, -0.25) is 9.78 Å². The molecule has 2 aliphatic rings. The minimum absolute atomic E-state index is 0.243. The number of carbonyl (C=O) groups excluding carboxylic acids is 1. The number of nitrogens with one attached hydrogen (secondary N) is 2. The highest BCUT2D eigenvalue weighted by Crippen LogP contribution is 2.35. The first-order valence-corrected chi connectivity index (χ1v) is 15.5. The maximum absolute atomic E-state index is 11.8. The lowest BCUT2D eigenvalue weighted by atomic mass is 9.99. The zero-order valence-electron chi connectivity index (χ0n) is 25.6. The zero-order chi connectivity index (χ0) is 31.0. The van der Waals surface area contributed by atoms with Crippen molar-refractivity contribution in [1.29, 1.82) is 0 Å². The van der Waals surface area contributed by atoms with E-state index in [9.17, 15) is 4.79 Å².